The molecule has 4 fully saturated rings. The molecule has 6 heterocycles. The fraction of sp³-hybridized carbons (Fsp3) is 0.584. The summed E-state index contributed by atoms with van der Waals surface area (Å²) in [6.45, 7) is 15.0. The number of para-hydroxylation sites is 2. The number of nitrogens with one attached hydrogen (secondary N) is 11. The number of H-pyrrole nitrogens is 1. The van der Waals surface area contributed by atoms with Crippen molar-refractivity contribution in [2.24, 2.45) is 22.5 Å². The number of fused-ring (bicyclic) bond motifs is 5. The molecule has 2 aromatic heterocycles. The number of hydrogen-bond donors (Lipinski definition) is 16. The number of amides is 16. The summed E-state index contributed by atoms with van der Waals surface area (Å²) in [4.78, 5) is 302. The fourth-order valence-corrected chi connectivity index (χ4v) is 19.3. The third-order valence-electron chi connectivity index (χ3n) is 26.5. The van der Waals surface area contributed by atoms with Gasteiger partial charge in [0.25, 0.3) is 0 Å². The molecule has 4 aliphatic rings. The molecule has 145 heavy (non-hydrogen) atoms. The average molecular weight is 2040 g/mol. The second-order valence-electron chi connectivity index (χ2n) is 40.3. The first-order valence-electron chi connectivity index (χ1n) is 49.5. The Bertz CT molecular complexity index is 5540. The first kappa shape index (κ1) is 115. The van der Waals surface area contributed by atoms with Crippen molar-refractivity contribution in [2.45, 2.75) is 308 Å². The highest BCUT2D eigenvalue weighted by Crippen LogP contribution is 2.31. The van der Waals surface area contributed by atoms with Gasteiger partial charge in [0, 0.05) is 130 Å². The van der Waals surface area contributed by atoms with Gasteiger partial charge in [0.2, 0.25) is 94.5 Å². The van der Waals surface area contributed by atoms with E-state index in [9.17, 15) is 68.0 Å². The summed E-state index contributed by atoms with van der Waals surface area (Å²) in [5, 5.41) is 70.1. The van der Waals surface area contributed by atoms with E-state index in [0.717, 1.165) is 48.4 Å². The first-order valence-corrected chi connectivity index (χ1v) is 50.7. The summed E-state index contributed by atoms with van der Waals surface area (Å²) in [5.74, 6) is -22.3. The van der Waals surface area contributed by atoms with Crippen LogP contribution < -0.4 is 58.9 Å². The molecule has 0 bridgehead atoms. The summed E-state index contributed by atoms with van der Waals surface area (Å²) < 4.78 is 15.9. The number of aliphatic carboxylic acids is 3. The predicted molar refractivity (Wildman–Crippen MR) is 531 cm³/mol. The number of benzene rings is 3. The molecule has 9 rings (SSSR count). The van der Waals surface area contributed by atoms with Crippen LogP contribution >= 0.6 is 11.8 Å². The third-order valence-corrected chi connectivity index (χ3v) is 27.6. The lowest BCUT2D eigenvalue weighted by atomic mass is 9.87. The van der Waals surface area contributed by atoms with Crippen molar-refractivity contribution in [2.75, 3.05) is 51.8 Å². The zero-order valence-electron chi connectivity index (χ0n) is 84.3. The van der Waals surface area contributed by atoms with Crippen LogP contribution in [0.15, 0.2) is 85.2 Å². The maximum atomic E-state index is 16.2. The Morgan fingerprint density at radius 2 is 1.03 bits per heavy atom. The molecule has 0 aliphatic carbocycles. The van der Waals surface area contributed by atoms with Crippen LogP contribution in [-0.4, -0.2) is 315 Å². The van der Waals surface area contributed by atoms with Gasteiger partial charge in [-0.25, -0.2) is 4.39 Å². The lowest BCUT2D eigenvalue weighted by Gasteiger charge is -2.38. The standard InChI is InChI=1S/C101H141FN18O24S/c1-13-15-27-75-90(135)108-66(37-39-82(124)125)87(132)114-73(85(103)130)54-145-55-81(123)106-70(45-57-32-34-60(102)35-33-57)95(140)118-42-22-21-30-76(118)92(137)113-72(49-83(126)127)96(141)119-43-23-31-77(119)91(136)109-65(36-38-80(122)100(5,6)7)86(131)111-69(44-56(3)4)97(142)120-52-61(121)48-79(120)93(138)110-68(46-58-50-105-64-26-19-17-24-62(58)64)89(134)107-67(40-41-104-99(144)101(8,9)10)88(133)112-71(94(139)116(12)78(28-16-14-2)98(143)115(75)11)47-59-51-117(53-84(128)129)74-29-20-18-25-63(59)74/h17-20,24-26,29,32-35,50-51,56,61,65-73,75-79,105,121H,13-16,21-23,27-28,30-31,36-49,52-55H2,1-12H3,(H2,103,130)(H,104,144)(H,106,123)(H,107,134)(H,108,135)(H,109,136)(H,110,138)(H,111,131)(H,112,133)(H,113,137)(H,114,132)(H,124,125)(H,126,127)(H,128,129)/t61-,65+,66+,67+,68+,69+,70+,71+,72+,73+,75+,76+,77+,78+,79+/m1/s1. The molecule has 5 aromatic rings. The number of primary amides is 1. The maximum Gasteiger partial charge on any atom is 0.323 e. The largest absolute Gasteiger partial charge is 0.481 e. The minimum Gasteiger partial charge on any atom is -0.481 e. The predicted octanol–water partition coefficient (Wildman–Crippen LogP) is 2.67. The van der Waals surface area contributed by atoms with Crippen LogP contribution in [0.4, 0.5) is 4.39 Å². The molecular weight excluding hydrogens is 1900 g/mol. The highest BCUT2D eigenvalue weighted by molar-refractivity contribution is 8.00. The van der Waals surface area contributed by atoms with Gasteiger partial charge in [0.1, 0.15) is 103 Å². The molecule has 792 valence electrons. The van der Waals surface area contributed by atoms with E-state index < -0.39 is 295 Å². The van der Waals surface area contributed by atoms with E-state index in [1.807, 2.05) is 0 Å². The number of carbonyl (C=O) groups excluding carboxylic acids is 17. The van der Waals surface area contributed by atoms with E-state index >= 15 is 52.7 Å². The van der Waals surface area contributed by atoms with Gasteiger partial charge in [-0.1, -0.05) is 143 Å². The van der Waals surface area contributed by atoms with Crippen molar-refractivity contribution < 1.29 is 121 Å². The first-order chi connectivity index (χ1) is 68.5. The van der Waals surface area contributed by atoms with E-state index in [4.69, 9.17) is 5.73 Å². The molecule has 4 aliphatic heterocycles. The number of thioether (sulfide) groups is 1. The number of hydrogen-bond acceptors (Lipinski definition) is 22. The molecular formula is C101H141FN18O24S. The number of ketones is 1. The molecule has 3 aromatic carbocycles. The zero-order chi connectivity index (χ0) is 107. The Labute approximate surface area is 845 Å². The number of carboxylic acids is 3. The molecule has 44 heteroatoms. The quantitative estimate of drug-likeness (QED) is 0.0342. The van der Waals surface area contributed by atoms with Crippen LogP contribution in [0.25, 0.3) is 21.8 Å². The monoisotopic (exact) mass is 2040 g/mol. The normalized spacial score (nSPS) is 24.6. The molecule has 15 atom stereocenters. The summed E-state index contributed by atoms with van der Waals surface area (Å²) in [6.07, 6.45) is -2.02. The fourth-order valence-electron chi connectivity index (χ4n) is 18.5. The second kappa shape index (κ2) is 52.9. The molecule has 16 amide bonds. The SMILES string of the molecule is CCCC[C@H]1C(=O)N(C)[C@@H](CCCC)C(=O)N[C@@H](CCC(=O)O)C(=O)N[C@H](C(N)=O)CSCC(=O)N[C@@H](Cc2ccc(F)cc2)C(=O)N2CCCC[C@H]2C(=O)N[C@@H](CC(=O)O)C(=O)N2CCC[C@H]2C(=O)N[C@@H](CCC(=O)C(C)(C)C)C(=O)N[C@@H](CC(C)C)C(=O)N2C[C@H](O)C[C@H]2C(=O)N[C@@H](Cc2c[nH]c3ccccc23)C(=O)N[C@@H](CCNC(=O)C(C)(C)C)C(=O)N[C@@H](Cc2cn(CC(=O)O)c3ccccc23)C(=O)N1C. The minimum absolute atomic E-state index is 0.0648. The number of halogens is 1. The van der Waals surface area contributed by atoms with Crippen LogP contribution in [-0.2, 0) is 122 Å². The van der Waals surface area contributed by atoms with Crippen molar-refractivity contribution in [3.8, 4) is 0 Å². The highest BCUT2D eigenvalue weighted by atomic mass is 32.2. The average Bonchev–Trinajstić information content (AvgIpc) is 1.67. The topological polar surface area (TPSA) is 606 Å². The smallest absolute Gasteiger partial charge is 0.323 e. The molecule has 0 radical (unpaired) electrons. The molecule has 4 saturated heterocycles. The summed E-state index contributed by atoms with van der Waals surface area (Å²) >= 11 is 0.722. The lowest BCUT2D eigenvalue weighted by molar-refractivity contribution is -0.149. The number of carboxylic acid groups (broad SMARTS) is 3. The van der Waals surface area contributed by atoms with Gasteiger partial charge in [-0.15, -0.1) is 11.8 Å². The molecule has 0 saturated carbocycles. The number of Topliss-reactive ketones (excluding diaryl/α,β-unsaturated/α-hetero) is 1. The number of piperidine rings is 1. The van der Waals surface area contributed by atoms with Crippen molar-refractivity contribution in [3.05, 3.63) is 108 Å². The number of aliphatic hydroxyl groups is 1. The van der Waals surface area contributed by atoms with Crippen molar-refractivity contribution in [3.63, 3.8) is 0 Å². The number of aromatic nitrogens is 2. The van der Waals surface area contributed by atoms with Gasteiger partial charge in [0.05, 0.1) is 18.3 Å². The number of unbranched alkanes of at least 4 members (excludes halogenated alkanes) is 2. The van der Waals surface area contributed by atoms with Crippen LogP contribution in [0.3, 0.4) is 0 Å². The van der Waals surface area contributed by atoms with E-state index in [1.165, 1.54) is 37.0 Å². The lowest BCUT2D eigenvalue weighted by Crippen LogP contribution is -2.61. The van der Waals surface area contributed by atoms with Crippen LogP contribution in [0, 0.1) is 22.6 Å². The Morgan fingerprint density at radius 1 is 0.510 bits per heavy atom. The summed E-state index contributed by atoms with van der Waals surface area (Å²) in [5.41, 5.74) is 5.92. The van der Waals surface area contributed by atoms with E-state index in [-0.39, 0.29) is 96.0 Å². The number of rotatable bonds is 28. The molecule has 0 unspecified atom stereocenters. The van der Waals surface area contributed by atoms with Gasteiger partial charge in [-0.2, -0.15) is 0 Å². The van der Waals surface area contributed by atoms with Gasteiger partial charge in [-0.3, -0.25) is 95.9 Å². The molecule has 0 spiro atoms. The van der Waals surface area contributed by atoms with Gasteiger partial charge in [0.15, 0.2) is 0 Å². The number of nitrogens with zero attached hydrogens (tertiary/aromatic N) is 6. The minimum atomic E-state index is -1.93. The van der Waals surface area contributed by atoms with Crippen molar-refractivity contribution in [1.29, 1.82) is 0 Å². The zero-order valence-corrected chi connectivity index (χ0v) is 85.1. The number of likely N-dealkylation sites (N-methyl/N-ethyl adjacent to an activating group) is 2. The number of aromatic amines is 1. The Balaban J connectivity index is 1.15. The van der Waals surface area contributed by atoms with E-state index in [0.29, 0.717) is 64.2 Å². The van der Waals surface area contributed by atoms with E-state index in [1.54, 1.807) is 124 Å². The number of nitrogens with two attached hydrogens (primary N) is 1. The van der Waals surface area contributed by atoms with Crippen LogP contribution in [0.5, 0.6) is 0 Å². The van der Waals surface area contributed by atoms with Crippen LogP contribution in [0.1, 0.15) is 208 Å². The Hall–Kier alpha value is -13.4. The van der Waals surface area contributed by atoms with Crippen LogP contribution in [0.2, 0.25) is 0 Å². The number of carbonyl (C=O) groups is 20. The van der Waals surface area contributed by atoms with Gasteiger partial charge in [-0.05, 0) is 118 Å². The summed E-state index contributed by atoms with van der Waals surface area (Å²) in [7, 11) is 2.56. The Morgan fingerprint density at radius 3 is 1.64 bits per heavy atom. The molecule has 17 N–H and O–H groups in total. The highest BCUT2D eigenvalue weighted by Gasteiger charge is 2.48. The van der Waals surface area contributed by atoms with Crippen molar-refractivity contribution in [1.82, 2.24) is 87.2 Å². The number of aliphatic hydroxyl groups excluding tert-OH is 1. The van der Waals surface area contributed by atoms with E-state index in [2.05, 4.69) is 58.2 Å². The van der Waals surface area contributed by atoms with Gasteiger partial charge >= 0.3 is 17.9 Å². The van der Waals surface area contributed by atoms with Gasteiger partial charge < -0.3 is 113 Å². The Kier molecular flexibility index (Phi) is 42.0. The summed E-state index contributed by atoms with van der Waals surface area (Å²) in [6, 6.07) is -4.57. The second-order valence-corrected chi connectivity index (χ2v) is 41.4. The third kappa shape index (κ3) is 32.3. The van der Waals surface area contributed by atoms with Crippen molar-refractivity contribution >= 4 is 152 Å². The maximum absolute atomic E-state index is 16.2. The molecule has 42 nitrogen and oxygen atoms in total.